The van der Waals surface area contributed by atoms with Gasteiger partial charge in [0.05, 0.1) is 18.2 Å². The van der Waals surface area contributed by atoms with Crippen LogP contribution in [0.4, 0.5) is 4.39 Å². The summed E-state index contributed by atoms with van der Waals surface area (Å²) in [7, 11) is 0. The molecule has 0 unspecified atom stereocenters. The molecule has 0 aliphatic heterocycles. The van der Waals surface area contributed by atoms with E-state index < -0.39 is 5.82 Å². The molecule has 0 radical (unpaired) electrons. The van der Waals surface area contributed by atoms with Crippen molar-refractivity contribution in [2.45, 2.75) is 13.5 Å². The molecule has 0 aliphatic carbocycles. The van der Waals surface area contributed by atoms with Crippen LogP contribution < -0.4 is 4.74 Å². The molecule has 0 saturated heterocycles. The van der Waals surface area contributed by atoms with Crippen molar-refractivity contribution in [3.63, 3.8) is 0 Å². The maximum Gasteiger partial charge on any atom is 0.222 e. The fourth-order valence-electron chi connectivity index (χ4n) is 1.57. The second-order valence-electron chi connectivity index (χ2n) is 3.98. The van der Waals surface area contributed by atoms with Crippen LogP contribution >= 0.6 is 0 Å². The zero-order valence-corrected chi connectivity index (χ0v) is 10.2. The molecule has 0 amide bonds. The van der Waals surface area contributed by atoms with E-state index in [9.17, 15) is 4.39 Å². The molecule has 96 valence electrons. The fourth-order valence-corrected chi connectivity index (χ4v) is 1.57. The van der Waals surface area contributed by atoms with E-state index in [0.717, 1.165) is 6.07 Å². The van der Waals surface area contributed by atoms with Gasteiger partial charge in [-0.15, -0.1) is 0 Å². The summed E-state index contributed by atoms with van der Waals surface area (Å²) in [5.41, 5.74) is 1.57. The molecule has 1 heterocycles. The van der Waals surface area contributed by atoms with Crippen molar-refractivity contribution in [2.75, 3.05) is 0 Å². The van der Waals surface area contributed by atoms with E-state index in [1.54, 1.807) is 13.0 Å². The minimum atomic E-state index is -0.619. The van der Waals surface area contributed by atoms with Crippen LogP contribution in [0.5, 0.6) is 11.6 Å². The Bertz CT molecular complexity index is 650. The number of aliphatic hydroxyl groups excluding tert-OH is 1. The van der Waals surface area contributed by atoms with Gasteiger partial charge in [-0.3, -0.25) is 0 Å². The molecule has 1 aromatic heterocycles. The molecular weight excluding hydrogens is 247 g/mol. The molecule has 5 heteroatoms. The van der Waals surface area contributed by atoms with E-state index in [0.29, 0.717) is 11.1 Å². The first kappa shape index (κ1) is 13.0. The van der Waals surface area contributed by atoms with Crippen molar-refractivity contribution in [1.29, 1.82) is 5.26 Å². The van der Waals surface area contributed by atoms with E-state index in [2.05, 4.69) is 4.98 Å². The molecule has 2 rings (SSSR count). The number of benzene rings is 1. The number of hydrogen-bond donors (Lipinski definition) is 1. The van der Waals surface area contributed by atoms with Crippen molar-refractivity contribution in [3.05, 3.63) is 53.0 Å². The largest absolute Gasteiger partial charge is 0.436 e. The van der Waals surface area contributed by atoms with E-state index in [4.69, 9.17) is 15.1 Å². The summed E-state index contributed by atoms with van der Waals surface area (Å²) in [6, 6.07) is 7.51. The van der Waals surface area contributed by atoms with E-state index in [1.807, 2.05) is 6.07 Å². The summed E-state index contributed by atoms with van der Waals surface area (Å²) >= 11 is 0. The third-order valence-electron chi connectivity index (χ3n) is 2.54. The zero-order chi connectivity index (χ0) is 13.8. The SMILES string of the molecule is Cc1cc(CO)cnc1Oc1ccc(C#N)cc1F. The van der Waals surface area contributed by atoms with Crippen LogP contribution in [0, 0.1) is 24.1 Å². The average Bonchev–Trinajstić information content (AvgIpc) is 2.42. The van der Waals surface area contributed by atoms with Crippen molar-refractivity contribution in [1.82, 2.24) is 4.98 Å². The number of aryl methyl sites for hydroxylation is 1. The number of nitriles is 1. The van der Waals surface area contributed by atoms with Crippen LogP contribution in [-0.2, 0) is 6.61 Å². The molecule has 0 atom stereocenters. The summed E-state index contributed by atoms with van der Waals surface area (Å²) < 4.78 is 19.0. The van der Waals surface area contributed by atoms with E-state index in [1.165, 1.54) is 18.3 Å². The molecule has 1 N–H and O–H groups in total. The molecule has 0 aliphatic rings. The van der Waals surface area contributed by atoms with E-state index >= 15 is 0 Å². The van der Waals surface area contributed by atoms with Gasteiger partial charge in [-0.1, -0.05) is 0 Å². The van der Waals surface area contributed by atoms with Crippen LogP contribution in [0.2, 0.25) is 0 Å². The second kappa shape index (κ2) is 5.46. The number of pyridine rings is 1. The van der Waals surface area contributed by atoms with Gasteiger partial charge in [0.15, 0.2) is 11.6 Å². The standard InChI is InChI=1S/C14H11FN2O2/c1-9-4-11(8-18)7-17-14(9)19-13-3-2-10(6-16)5-12(13)15/h2-5,7,18H,8H2,1H3. The lowest BCUT2D eigenvalue weighted by Gasteiger charge is -2.09. The molecule has 1 aromatic carbocycles. The number of ether oxygens (including phenoxy) is 1. The van der Waals surface area contributed by atoms with Crippen LogP contribution in [0.25, 0.3) is 0 Å². The van der Waals surface area contributed by atoms with Gasteiger partial charge in [0.1, 0.15) is 0 Å². The first-order valence-electron chi connectivity index (χ1n) is 5.58. The number of aromatic nitrogens is 1. The predicted molar refractivity (Wildman–Crippen MR) is 66.1 cm³/mol. The Morgan fingerprint density at radius 3 is 2.79 bits per heavy atom. The summed E-state index contributed by atoms with van der Waals surface area (Å²) in [5.74, 6) is -0.348. The van der Waals surface area contributed by atoms with Gasteiger partial charge < -0.3 is 9.84 Å². The Morgan fingerprint density at radius 2 is 2.21 bits per heavy atom. The number of aliphatic hydroxyl groups is 1. The van der Waals surface area contributed by atoms with Gasteiger partial charge in [-0.05, 0) is 36.8 Å². The van der Waals surface area contributed by atoms with E-state index in [-0.39, 0.29) is 23.8 Å². The Kier molecular flexibility index (Phi) is 3.74. The lowest BCUT2D eigenvalue weighted by molar-refractivity contribution is 0.281. The zero-order valence-electron chi connectivity index (χ0n) is 10.2. The number of rotatable bonds is 3. The first-order valence-corrected chi connectivity index (χ1v) is 5.58. The van der Waals surface area contributed by atoms with Gasteiger partial charge in [0, 0.05) is 11.8 Å². The maximum atomic E-state index is 13.7. The molecule has 0 bridgehead atoms. The van der Waals surface area contributed by atoms with Crippen molar-refractivity contribution in [2.24, 2.45) is 0 Å². The Balaban J connectivity index is 2.29. The highest BCUT2D eigenvalue weighted by Gasteiger charge is 2.09. The molecule has 4 nitrogen and oxygen atoms in total. The summed E-state index contributed by atoms with van der Waals surface area (Å²) in [4.78, 5) is 4.01. The highest BCUT2D eigenvalue weighted by Crippen LogP contribution is 2.26. The van der Waals surface area contributed by atoms with Crippen LogP contribution in [0.3, 0.4) is 0 Å². The van der Waals surface area contributed by atoms with Gasteiger partial charge in [0.2, 0.25) is 5.88 Å². The minimum absolute atomic E-state index is 0.00588. The highest BCUT2D eigenvalue weighted by atomic mass is 19.1. The quantitative estimate of drug-likeness (QED) is 0.919. The third kappa shape index (κ3) is 2.87. The molecule has 0 spiro atoms. The number of nitrogens with zero attached hydrogens (tertiary/aromatic N) is 2. The Labute approximate surface area is 109 Å². The summed E-state index contributed by atoms with van der Waals surface area (Å²) in [6.07, 6.45) is 1.46. The fraction of sp³-hybridized carbons (Fsp3) is 0.143. The third-order valence-corrected chi connectivity index (χ3v) is 2.54. The van der Waals surface area contributed by atoms with Gasteiger partial charge in [-0.2, -0.15) is 5.26 Å². The number of hydrogen-bond acceptors (Lipinski definition) is 4. The van der Waals surface area contributed by atoms with Crippen molar-refractivity contribution < 1.29 is 14.2 Å². The maximum absolute atomic E-state index is 13.7. The van der Waals surface area contributed by atoms with Gasteiger partial charge in [0.25, 0.3) is 0 Å². The van der Waals surface area contributed by atoms with Crippen LogP contribution in [-0.4, -0.2) is 10.1 Å². The average molecular weight is 258 g/mol. The molecule has 0 saturated carbocycles. The lowest BCUT2D eigenvalue weighted by Crippen LogP contribution is -1.96. The smallest absolute Gasteiger partial charge is 0.222 e. The Morgan fingerprint density at radius 1 is 1.42 bits per heavy atom. The monoisotopic (exact) mass is 258 g/mol. The Hall–Kier alpha value is -2.45. The lowest BCUT2D eigenvalue weighted by atomic mass is 10.2. The van der Waals surface area contributed by atoms with Gasteiger partial charge in [-0.25, -0.2) is 9.37 Å². The van der Waals surface area contributed by atoms with Gasteiger partial charge >= 0.3 is 0 Å². The normalized spacial score (nSPS) is 10.0. The highest BCUT2D eigenvalue weighted by molar-refractivity contribution is 5.39. The van der Waals surface area contributed by atoms with Crippen molar-refractivity contribution in [3.8, 4) is 17.7 Å². The second-order valence-corrected chi connectivity index (χ2v) is 3.98. The van der Waals surface area contributed by atoms with Crippen LogP contribution in [0.15, 0.2) is 30.5 Å². The summed E-state index contributed by atoms with van der Waals surface area (Å²) in [5, 5.41) is 17.6. The predicted octanol–water partition coefficient (Wildman–Crippen LogP) is 2.69. The topological polar surface area (TPSA) is 66.1 Å². The minimum Gasteiger partial charge on any atom is -0.436 e. The molecular formula is C14H11FN2O2. The molecule has 0 fully saturated rings. The first-order chi connectivity index (χ1) is 9.13. The number of halogens is 1. The molecule has 2 aromatic rings. The van der Waals surface area contributed by atoms with Crippen LogP contribution in [0.1, 0.15) is 16.7 Å². The molecule has 19 heavy (non-hydrogen) atoms. The van der Waals surface area contributed by atoms with Crippen molar-refractivity contribution >= 4 is 0 Å². The summed E-state index contributed by atoms with van der Waals surface area (Å²) in [6.45, 7) is 1.64.